The van der Waals surface area contributed by atoms with Crippen molar-refractivity contribution in [2.75, 3.05) is 6.61 Å². The fourth-order valence-corrected chi connectivity index (χ4v) is 4.10. The van der Waals surface area contributed by atoms with Crippen molar-refractivity contribution < 1.29 is 9.53 Å². The molecule has 1 aromatic heterocycles. The number of H-pyrrole nitrogens is 1. The number of hydrogen-bond acceptors (Lipinski definition) is 4. The molecule has 0 aliphatic heterocycles. The van der Waals surface area contributed by atoms with Crippen LogP contribution in [0.25, 0.3) is 11.4 Å². The van der Waals surface area contributed by atoms with Crippen molar-refractivity contribution in [3.8, 4) is 17.1 Å². The second-order valence-electron chi connectivity index (χ2n) is 7.93. The first kappa shape index (κ1) is 23.4. The van der Waals surface area contributed by atoms with Crippen molar-refractivity contribution in [2.45, 2.75) is 32.4 Å². The van der Waals surface area contributed by atoms with Gasteiger partial charge in [-0.05, 0) is 61.0 Å². The topological polar surface area (TPSA) is 71.9 Å². The Morgan fingerprint density at radius 2 is 1.71 bits per heavy atom. The minimum atomic E-state index is -0.112. The van der Waals surface area contributed by atoms with Gasteiger partial charge in [0.25, 0.3) is 0 Å². The predicted octanol–water partition coefficient (Wildman–Crippen LogP) is 5.50. The van der Waals surface area contributed by atoms with E-state index in [0.29, 0.717) is 23.7 Å². The van der Waals surface area contributed by atoms with E-state index in [4.69, 9.17) is 17.0 Å². The maximum Gasteiger partial charge on any atom is 0.222 e. The number of carbonyl (C=O) groups is 1. The van der Waals surface area contributed by atoms with Crippen LogP contribution in [0, 0.1) is 4.77 Å². The van der Waals surface area contributed by atoms with Crippen LogP contribution in [0.2, 0.25) is 0 Å². The highest BCUT2D eigenvalue weighted by molar-refractivity contribution is 7.71. The molecule has 3 aromatic carbocycles. The number of aromatic nitrogens is 3. The summed E-state index contributed by atoms with van der Waals surface area (Å²) in [6.07, 6.45) is 1.01. The molecule has 0 saturated carbocycles. The SMILES string of the molecule is CCOc1ccc(-c2n[nH]c(=S)n2CCC(=O)NC(Cc2ccccc2)c2ccccc2)cc1. The van der Waals surface area contributed by atoms with Crippen molar-refractivity contribution in [3.05, 3.63) is 101 Å². The molecule has 0 spiro atoms. The normalized spacial score (nSPS) is 11.7. The first-order chi connectivity index (χ1) is 16.6. The Balaban J connectivity index is 1.45. The fourth-order valence-electron chi connectivity index (χ4n) is 3.88. The minimum Gasteiger partial charge on any atom is -0.494 e. The number of amides is 1. The van der Waals surface area contributed by atoms with Crippen molar-refractivity contribution in [1.29, 1.82) is 0 Å². The Kier molecular flexibility index (Phi) is 7.88. The van der Waals surface area contributed by atoms with Gasteiger partial charge in [0.2, 0.25) is 5.91 Å². The van der Waals surface area contributed by atoms with Crippen LogP contribution < -0.4 is 10.1 Å². The molecule has 1 amide bonds. The molecule has 0 aliphatic rings. The number of ether oxygens (including phenoxy) is 1. The lowest BCUT2D eigenvalue weighted by atomic mass is 9.98. The molecule has 174 valence electrons. The minimum absolute atomic E-state index is 0.0365. The standard InChI is InChI=1S/C27H28N4O2S/c1-2-33-23-15-13-22(14-16-23)26-29-30-27(34)31(26)18-17-25(32)28-24(21-11-7-4-8-12-21)19-20-9-5-3-6-10-20/h3-16,24H,2,17-19H2,1H3,(H,28,32)(H,30,34). The molecule has 2 N–H and O–H groups in total. The molecule has 6 nitrogen and oxygen atoms in total. The van der Waals surface area contributed by atoms with Gasteiger partial charge >= 0.3 is 0 Å². The largest absolute Gasteiger partial charge is 0.494 e. The lowest BCUT2D eigenvalue weighted by Gasteiger charge is -2.20. The Morgan fingerprint density at radius 3 is 2.38 bits per heavy atom. The van der Waals surface area contributed by atoms with Gasteiger partial charge in [-0.1, -0.05) is 60.7 Å². The summed E-state index contributed by atoms with van der Waals surface area (Å²) >= 11 is 5.43. The molecule has 1 atom stereocenters. The van der Waals surface area contributed by atoms with Crippen LogP contribution in [0.3, 0.4) is 0 Å². The van der Waals surface area contributed by atoms with Crippen LogP contribution in [-0.2, 0) is 17.8 Å². The van der Waals surface area contributed by atoms with Crippen LogP contribution in [0.15, 0.2) is 84.9 Å². The molecule has 1 unspecified atom stereocenters. The first-order valence-electron chi connectivity index (χ1n) is 11.4. The molecule has 4 rings (SSSR count). The molecule has 0 bridgehead atoms. The average molecular weight is 473 g/mol. The number of hydrogen-bond donors (Lipinski definition) is 2. The maximum atomic E-state index is 13.0. The predicted molar refractivity (Wildman–Crippen MR) is 136 cm³/mol. The summed E-state index contributed by atoms with van der Waals surface area (Å²) in [5, 5.41) is 10.4. The summed E-state index contributed by atoms with van der Waals surface area (Å²) < 4.78 is 7.87. The molecule has 1 heterocycles. The molecular weight excluding hydrogens is 444 g/mol. The van der Waals surface area contributed by atoms with E-state index in [0.717, 1.165) is 23.3 Å². The Bertz CT molecular complexity index is 1250. The lowest BCUT2D eigenvalue weighted by Crippen LogP contribution is -2.30. The molecule has 34 heavy (non-hydrogen) atoms. The fraction of sp³-hybridized carbons (Fsp3) is 0.222. The third-order valence-corrected chi connectivity index (χ3v) is 5.88. The quantitative estimate of drug-likeness (QED) is 0.299. The molecule has 7 heteroatoms. The maximum absolute atomic E-state index is 13.0. The number of nitrogens with one attached hydrogen (secondary N) is 2. The highest BCUT2D eigenvalue weighted by atomic mass is 32.1. The van der Waals surface area contributed by atoms with E-state index in [9.17, 15) is 4.79 Å². The third-order valence-electron chi connectivity index (χ3n) is 5.56. The summed E-state index contributed by atoms with van der Waals surface area (Å²) in [5.74, 6) is 1.46. The molecule has 0 saturated heterocycles. The summed E-state index contributed by atoms with van der Waals surface area (Å²) in [6.45, 7) is 2.99. The van der Waals surface area contributed by atoms with Crippen LogP contribution >= 0.6 is 12.2 Å². The van der Waals surface area contributed by atoms with Gasteiger partial charge in [0.05, 0.1) is 12.6 Å². The van der Waals surface area contributed by atoms with Crippen molar-refractivity contribution in [1.82, 2.24) is 20.1 Å². The summed E-state index contributed by atoms with van der Waals surface area (Å²) in [6, 6.07) is 27.8. The number of benzene rings is 3. The van der Waals surface area contributed by atoms with Crippen LogP contribution in [-0.4, -0.2) is 27.3 Å². The van der Waals surface area contributed by atoms with E-state index in [1.165, 1.54) is 5.56 Å². The number of rotatable bonds is 10. The summed E-state index contributed by atoms with van der Waals surface area (Å²) in [4.78, 5) is 13.0. The molecule has 4 aromatic rings. The van der Waals surface area contributed by atoms with Crippen LogP contribution in [0.1, 0.15) is 30.5 Å². The van der Waals surface area contributed by atoms with E-state index in [1.54, 1.807) is 0 Å². The highest BCUT2D eigenvalue weighted by Gasteiger charge is 2.16. The zero-order valence-corrected chi connectivity index (χ0v) is 19.9. The molecule has 0 fully saturated rings. The van der Waals surface area contributed by atoms with E-state index < -0.39 is 0 Å². The van der Waals surface area contributed by atoms with Gasteiger partial charge in [0.1, 0.15) is 5.75 Å². The number of nitrogens with zero attached hydrogens (tertiary/aromatic N) is 2. The van der Waals surface area contributed by atoms with Gasteiger partial charge < -0.3 is 10.1 Å². The highest BCUT2D eigenvalue weighted by Crippen LogP contribution is 2.22. The summed E-state index contributed by atoms with van der Waals surface area (Å²) in [5.41, 5.74) is 3.16. The van der Waals surface area contributed by atoms with E-state index in [2.05, 4.69) is 27.6 Å². The Hall–Kier alpha value is -3.71. The van der Waals surface area contributed by atoms with Crippen molar-refractivity contribution >= 4 is 18.1 Å². The smallest absolute Gasteiger partial charge is 0.222 e. The zero-order chi connectivity index (χ0) is 23.8. The first-order valence-corrected chi connectivity index (χ1v) is 11.8. The van der Waals surface area contributed by atoms with Gasteiger partial charge in [-0.2, -0.15) is 5.10 Å². The second kappa shape index (κ2) is 11.4. The summed E-state index contributed by atoms with van der Waals surface area (Å²) in [7, 11) is 0. The van der Waals surface area contributed by atoms with Gasteiger partial charge in [-0.3, -0.25) is 14.5 Å². The van der Waals surface area contributed by atoms with E-state index in [-0.39, 0.29) is 18.4 Å². The van der Waals surface area contributed by atoms with Gasteiger partial charge in [0, 0.05) is 18.5 Å². The lowest BCUT2D eigenvalue weighted by molar-refractivity contribution is -0.122. The van der Waals surface area contributed by atoms with Gasteiger partial charge in [0.15, 0.2) is 10.6 Å². The number of aromatic amines is 1. The van der Waals surface area contributed by atoms with Crippen molar-refractivity contribution in [3.63, 3.8) is 0 Å². The van der Waals surface area contributed by atoms with Gasteiger partial charge in [-0.25, -0.2) is 0 Å². The molecule has 0 aliphatic carbocycles. The Labute approximate surface area is 204 Å². The van der Waals surface area contributed by atoms with Gasteiger partial charge in [-0.15, -0.1) is 0 Å². The third kappa shape index (κ3) is 5.99. The monoisotopic (exact) mass is 472 g/mol. The molecule has 0 radical (unpaired) electrons. The second-order valence-corrected chi connectivity index (χ2v) is 8.32. The van der Waals surface area contributed by atoms with E-state index >= 15 is 0 Å². The number of carbonyl (C=O) groups excluding carboxylic acids is 1. The van der Waals surface area contributed by atoms with Crippen molar-refractivity contribution in [2.24, 2.45) is 0 Å². The van der Waals surface area contributed by atoms with Crippen LogP contribution in [0.4, 0.5) is 0 Å². The Morgan fingerprint density at radius 1 is 1.03 bits per heavy atom. The van der Waals surface area contributed by atoms with Crippen LogP contribution in [0.5, 0.6) is 5.75 Å². The average Bonchev–Trinajstić information content (AvgIpc) is 3.24. The molecular formula is C27H28N4O2S. The zero-order valence-electron chi connectivity index (χ0n) is 19.1. The van der Waals surface area contributed by atoms with E-state index in [1.807, 2.05) is 84.3 Å².